The average Bonchev–Trinajstić information content (AvgIpc) is 3.00. The highest BCUT2D eigenvalue weighted by molar-refractivity contribution is 7.71. The minimum absolute atomic E-state index is 0.0433. The fraction of sp³-hybridized carbons (Fsp3) is 0.211. The number of amides is 1. The summed E-state index contributed by atoms with van der Waals surface area (Å²) in [5.74, 6) is 0.697. The van der Waals surface area contributed by atoms with E-state index < -0.39 is 0 Å². The van der Waals surface area contributed by atoms with Crippen LogP contribution >= 0.6 is 23.8 Å². The van der Waals surface area contributed by atoms with Gasteiger partial charge in [-0.1, -0.05) is 47.5 Å². The van der Waals surface area contributed by atoms with Crippen LogP contribution in [0, 0.1) is 11.7 Å². The molecule has 0 bridgehead atoms. The van der Waals surface area contributed by atoms with Gasteiger partial charge in [0.15, 0.2) is 10.6 Å². The SMILES string of the molecule is Cc1cccc(-c2n[nH]c(=S)n2CCC(=O)NCc2ccc(Cl)cc2)c1. The molecule has 0 saturated heterocycles. The Morgan fingerprint density at radius 1 is 1.27 bits per heavy atom. The Labute approximate surface area is 162 Å². The first-order valence-electron chi connectivity index (χ1n) is 8.26. The van der Waals surface area contributed by atoms with Crippen LogP contribution in [0.4, 0.5) is 0 Å². The summed E-state index contributed by atoms with van der Waals surface area (Å²) < 4.78 is 2.36. The van der Waals surface area contributed by atoms with Crippen molar-refractivity contribution in [2.45, 2.75) is 26.4 Å². The molecule has 0 aliphatic heterocycles. The number of halogens is 1. The van der Waals surface area contributed by atoms with Gasteiger partial charge in [-0.05, 0) is 42.9 Å². The molecule has 0 fully saturated rings. The van der Waals surface area contributed by atoms with Crippen LogP contribution in [-0.4, -0.2) is 20.7 Å². The first-order valence-corrected chi connectivity index (χ1v) is 9.05. The van der Waals surface area contributed by atoms with Crippen molar-refractivity contribution < 1.29 is 4.79 Å². The number of aryl methyl sites for hydroxylation is 1. The van der Waals surface area contributed by atoms with Gasteiger partial charge in [-0.25, -0.2) is 0 Å². The number of hydrogen-bond donors (Lipinski definition) is 2. The Hall–Kier alpha value is -2.44. The maximum absolute atomic E-state index is 12.2. The monoisotopic (exact) mass is 386 g/mol. The molecule has 0 saturated carbocycles. The van der Waals surface area contributed by atoms with Gasteiger partial charge in [0.05, 0.1) is 0 Å². The molecule has 1 amide bonds. The normalized spacial score (nSPS) is 10.7. The van der Waals surface area contributed by atoms with Crippen LogP contribution in [0.25, 0.3) is 11.4 Å². The number of aromatic amines is 1. The highest BCUT2D eigenvalue weighted by atomic mass is 35.5. The van der Waals surface area contributed by atoms with Crippen molar-refractivity contribution >= 4 is 29.7 Å². The van der Waals surface area contributed by atoms with Crippen LogP contribution in [0.5, 0.6) is 0 Å². The van der Waals surface area contributed by atoms with Crippen LogP contribution in [0.1, 0.15) is 17.5 Å². The van der Waals surface area contributed by atoms with Crippen LogP contribution in [0.3, 0.4) is 0 Å². The maximum atomic E-state index is 12.2. The number of benzene rings is 2. The summed E-state index contributed by atoms with van der Waals surface area (Å²) in [5.41, 5.74) is 3.12. The number of aromatic nitrogens is 3. The van der Waals surface area contributed by atoms with Gasteiger partial charge < -0.3 is 5.32 Å². The van der Waals surface area contributed by atoms with Gasteiger partial charge in [-0.15, -0.1) is 0 Å². The smallest absolute Gasteiger partial charge is 0.222 e. The summed E-state index contributed by atoms with van der Waals surface area (Å²) in [4.78, 5) is 12.2. The Morgan fingerprint density at radius 2 is 2.04 bits per heavy atom. The number of rotatable bonds is 6. The summed E-state index contributed by atoms with van der Waals surface area (Å²) >= 11 is 11.2. The summed E-state index contributed by atoms with van der Waals surface area (Å²) in [7, 11) is 0. The Morgan fingerprint density at radius 3 is 2.77 bits per heavy atom. The molecule has 0 aliphatic rings. The molecule has 0 spiro atoms. The van der Waals surface area contributed by atoms with Gasteiger partial charge >= 0.3 is 0 Å². The lowest BCUT2D eigenvalue weighted by molar-refractivity contribution is -0.121. The molecule has 5 nitrogen and oxygen atoms in total. The molecular formula is C19H19ClN4OS. The average molecular weight is 387 g/mol. The summed E-state index contributed by atoms with van der Waals surface area (Å²) in [6.45, 7) is 2.96. The fourth-order valence-electron chi connectivity index (χ4n) is 2.63. The lowest BCUT2D eigenvalue weighted by atomic mass is 10.1. The van der Waals surface area contributed by atoms with Gasteiger partial charge in [-0.3, -0.25) is 14.5 Å². The number of H-pyrrole nitrogens is 1. The summed E-state index contributed by atoms with van der Waals surface area (Å²) in [5, 5.41) is 10.7. The molecule has 0 aliphatic carbocycles. The van der Waals surface area contributed by atoms with E-state index in [9.17, 15) is 4.79 Å². The molecule has 0 unspecified atom stereocenters. The van der Waals surface area contributed by atoms with Crippen LogP contribution in [0.2, 0.25) is 5.02 Å². The van der Waals surface area contributed by atoms with E-state index in [1.54, 1.807) is 0 Å². The summed E-state index contributed by atoms with van der Waals surface area (Å²) in [6.07, 6.45) is 0.320. The second-order valence-electron chi connectivity index (χ2n) is 6.03. The first kappa shape index (κ1) is 18.4. The van der Waals surface area contributed by atoms with Gasteiger partial charge in [0.25, 0.3) is 0 Å². The van der Waals surface area contributed by atoms with Crippen molar-refractivity contribution in [3.8, 4) is 11.4 Å². The largest absolute Gasteiger partial charge is 0.352 e. The highest BCUT2D eigenvalue weighted by Crippen LogP contribution is 2.18. The maximum Gasteiger partial charge on any atom is 0.222 e. The molecule has 26 heavy (non-hydrogen) atoms. The predicted molar refractivity (Wildman–Crippen MR) is 106 cm³/mol. The van der Waals surface area contributed by atoms with Gasteiger partial charge in [0.2, 0.25) is 5.91 Å². The predicted octanol–water partition coefficient (Wildman–Crippen LogP) is 4.28. The van der Waals surface area contributed by atoms with E-state index in [1.165, 1.54) is 0 Å². The zero-order valence-electron chi connectivity index (χ0n) is 14.3. The van der Waals surface area contributed by atoms with E-state index in [4.69, 9.17) is 23.8 Å². The molecule has 1 aromatic heterocycles. The third-order valence-corrected chi connectivity index (χ3v) is 4.56. The number of nitrogens with zero attached hydrogens (tertiary/aromatic N) is 2. The van der Waals surface area contributed by atoms with Crippen LogP contribution in [0.15, 0.2) is 48.5 Å². The zero-order chi connectivity index (χ0) is 18.5. The second kappa shape index (κ2) is 8.29. The molecule has 0 radical (unpaired) electrons. The van der Waals surface area contributed by atoms with Crippen LogP contribution in [-0.2, 0) is 17.9 Å². The number of nitrogens with one attached hydrogen (secondary N) is 2. The van der Waals surface area contributed by atoms with Crippen molar-refractivity contribution in [2.75, 3.05) is 0 Å². The lowest BCUT2D eigenvalue weighted by Gasteiger charge is -2.09. The van der Waals surface area contributed by atoms with Gasteiger partial charge in [0.1, 0.15) is 0 Å². The third kappa shape index (κ3) is 4.59. The topological polar surface area (TPSA) is 62.7 Å². The van der Waals surface area contributed by atoms with E-state index in [0.717, 1.165) is 22.5 Å². The van der Waals surface area contributed by atoms with Crippen molar-refractivity contribution in [1.82, 2.24) is 20.1 Å². The molecule has 2 N–H and O–H groups in total. The fourth-order valence-corrected chi connectivity index (χ4v) is 2.98. The molecule has 2 aromatic carbocycles. The molecule has 3 rings (SSSR count). The van der Waals surface area contributed by atoms with Crippen molar-refractivity contribution in [3.05, 3.63) is 69.5 Å². The highest BCUT2D eigenvalue weighted by Gasteiger charge is 2.11. The molecule has 0 atom stereocenters. The molecule has 1 heterocycles. The Bertz CT molecular complexity index is 962. The van der Waals surface area contributed by atoms with E-state index >= 15 is 0 Å². The molecule has 7 heteroatoms. The Kier molecular flexibility index (Phi) is 5.85. The molecule has 134 valence electrons. The number of carbonyl (C=O) groups excluding carboxylic acids is 1. The number of hydrogen-bond acceptors (Lipinski definition) is 3. The van der Waals surface area contributed by atoms with Crippen molar-refractivity contribution in [2.24, 2.45) is 0 Å². The third-order valence-electron chi connectivity index (χ3n) is 4.00. The zero-order valence-corrected chi connectivity index (χ0v) is 15.9. The summed E-state index contributed by atoms with van der Waals surface area (Å²) in [6, 6.07) is 15.4. The first-order chi connectivity index (χ1) is 12.5. The molecular weight excluding hydrogens is 368 g/mol. The van der Waals surface area contributed by atoms with Crippen molar-refractivity contribution in [1.29, 1.82) is 0 Å². The van der Waals surface area contributed by atoms with E-state index in [0.29, 0.717) is 29.3 Å². The van der Waals surface area contributed by atoms with E-state index in [-0.39, 0.29) is 5.91 Å². The quantitative estimate of drug-likeness (QED) is 0.621. The lowest BCUT2D eigenvalue weighted by Crippen LogP contribution is -2.24. The van der Waals surface area contributed by atoms with Gasteiger partial charge in [-0.2, -0.15) is 5.10 Å². The Balaban J connectivity index is 1.62. The van der Waals surface area contributed by atoms with Gasteiger partial charge in [0, 0.05) is 30.1 Å². The minimum atomic E-state index is -0.0433. The van der Waals surface area contributed by atoms with E-state index in [2.05, 4.69) is 15.5 Å². The second-order valence-corrected chi connectivity index (χ2v) is 6.85. The molecule has 3 aromatic rings. The van der Waals surface area contributed by atoms with Crippen LogP contribution < -0.4 is 5.32 Å². The van der Waals surface area contributed by atoms with E-state index in [1.807, 2.05) is 60.0 Å². The van der Waals surface area contributed by atoms with Crippen molar-refractivity contribution in [3.63, 3.8) is 0 Å². The number of carbonyl (C=O) groups is 1. The standard InChI is InChI=1S/C19H19ClN4OS/c1-13-3-2-4-15(11-13)18-22-23-19(26)24(18)10-9-17(25)21-12-14-5-7-16(20)8-6-14/h2-8,11H,9-10,12H2,1H3,(H,21,25)(H,23,26). The minimum Gasteiger partial charge on any atom is -0.352 e.